The number of hydrogen-bond donors (Lipinski definition) is 4. The number of halogens is 2. The molecule has 1 atom stereocenters. The molecular weight excluding hydrogens is 235 g/mol. The Bertz CT molecular complexity index is 416. The average Bonchev–Trinajstić information content (AvgIpc) is 2.26. The van der Waals surface area contributed by atoms with Crippen LogP contribution in [0.5, 0.6) is 0 Å². The number of aliphatic carboxylic acids is 1. The molecule has 0 bridgehead atoms. The van der Waals surface area contributed by atoms with Crippen molar-refractivity contribution in [3.8, 4) is 0 Å². The highest BCUT2D eigenvalue weighted by Gasteiger charge is 2.23. The molecule has 0 spiro atoms. The van der Waals surface area contributed by atoms with Gasteiger partial charge < -0.3 is 15.2 Å². The molecule has 0 saturated heterocycles. The maximum absolute atomic E-state index is 12.9. The zero-order valence-electron chi connectivity index (χ0n) is 8.60. The van der Waals surface area contributed by atoms with Gasteiger partial charge in [0, 0.05) is 6.42 Å². The van der Waals surface area contributed by atoms with E-state index in [1.165, 1.54) is 6.07 Å². The third-order valence-corrected chi connectivity index (χ3v) is 2.24. The third-order valence-electron chi connectivity index (χ3n) is 2.24. The summed E-state index contributed by atoms with van der Waals surface area (Å²) < 4.78 is 25.0. The molecule has 1 aromatic rings. The van der Waals surface area contributed by atoms with E-state index in [2.05, 4.69) is 0 Å². The van der Waals surface area contributed by atoms with Crippen LogP contribution in [0.1, 0.15) is 5.56 Å². The monoisotopic (exact) mass is 245 g/mol. The number of carbonyl (C=O) groups is 1. The molecule has 0 aromatic heterocycles. The number of carboxylic acids is 1. The Balaban J connectivity index is 3.01. The molecule has 0 radical (unpaired) electrons. The molecule has 5 nitrogen and oxygen atoms in total. The molecule has 0 heterocycles. The van der Waals surface area contributed by atoms with Gasteiger partial charge in [0.05, 0.1) is 0 Å². The van der Waals surface area contributed by atoms with Crippen LogP contribution < -0.4 is 11.0 Å². The summed E-state index contributed by atoms with van der Waals surface area (Å²) in [5.74, 6) is -2.13. The summed E-state index contributed by atoms with van der Waals surface area (Å²) in [6.07, 6.45) is -0.334. The highest BCUT2D eigenvalue weighted by Crippen LogP contribution is 2.05. The van der Waals surface area contributed by atoms with E-state index < -0.39 is 24.9 Å². The van der Waals surface area contributed by atoms with E-state index in [-0.39, 0.29) is 17.4 Å². The summed E-state index contributed by atoms with van der Waals surface area (Å²) in [4.78, 5) is 10.6. The van der Waals surface area contributed by atoms with Crippen LogP contribution in [0.2, 0.25) is 0 Å². The molecule has 8 heteroatoms. The zero-order chi connectivity index (χ0) is 13.0. The first kappa shape index (κ1) is 13.6. The quantitative estimate of drug-likeness (QED) is 0.393. The van der Waals surface area contributed by atoms with E-state index in [1.807, 2.05) is 0 Å². The first-order valence-corrected chi connectivity index (χ1v) is 4.69. The van der Waals surface area contributed by atoms with E-state index >= 15 is 0 Å². The van der Waals surface area contributed by atoms with Crippen LogP contribution in [0.25, 0.3) is 0 Å². The van der Waals surface area contributed by atoms with Gasteiger partial charge >= 0.3 is 13.1 Å². The smallest absolute Gasteiger partial charge is 0.480 e. The number of nitrogens with one attached hydrogen (secondary N) is 1. The van der Waals surface area contributed by atoms with Crippen LogP contribution in [0.3, 0.4) is 0 Å². The van der Waals surface area contributed by atoms with Crippen molar-refractivity contribution in [2.75, 3.05) is 0 Å². The zero-order valence-corrected chi connectivity index (χ0v) is 8.60. The van der Waals surface area contributed by atoms with Gasteiger partial charge in [0.2, 0.25) is 0 Å². The van der Waals surface area contributed by atoms with Crippen LogP contribution in [-0.2, 0) is 11.2 Å². The van der Waals surface area contributed by atoms with Crippen molar-refractivity contribution in [3.63, 3.8) is 0 Å². The lowest BCUT2D eigenvalue weighted by Gasteiger charge is -2.12. The second kappa shape index (κ2) is 5.71. The molecular formula is C9H10BF2NO4. The minimum atomic E-state index is -1.95. The fourth-order valence-electron chi connectivity index (χ4n) is 1.38. The Kier molecular flexibility index (Phi) is 4.56. The summed E-state index contributed by atoms with van der Waals surface area (Å²) >= 11 is 0. The van der Waals surface area contributed by atoms with Crippen LogP contribution in [0.4, 0.5) is 8.87 Å². The SMILES string of the molecule is O=C(O)C(Cc1ccc(F)cc1B(O)O)NF. The van der Waals surface area contributed by atoms with Crippen LogP contribution in [0, 0.1) is 5.82 Å². The van der Waals surface area contributed by atoms with Crippen molar-refractivity contribution in [2.24, 2.45) is 0 Å². The first-order chi connectivity index (χ1) is 7.95. The van der Waals surface area contributed by atoms with Crippen molar-refractivity contribution in [1.29, 1.82) is 0 Å². The lowest BCUT2D eigenvalue weighted by Crippen LogP contribution is -2.39. The van der Waals surface area contributed by atoms with Crippen molar-refractivity contribution in [2.45, 2.75) is 12.5 Å². The molecule has 1 aromatic carbocycles. The van der Waals surface area contributed by atoms with E-state index in [0.29, 0.717) is 0 Å². The predicted octanol–water partition coefficient (Wildman–Crippen LogP) is -1.02. The topological polar surface area (TPSA) is 89.8 Å². The molecule has 0 amide bonds. The van der Waals surface area contributed by atoms with Gasteiger partial charge in [-0.3, -0.25) is 4.79 Å². The first-order valence-electron chi connectivity index (χ1n) is 4.69. The van der Waals surface area contributed by atoms with Crippen molar-refractivity contribution in [3.05, 3.63) is 29.6 Å². The van der Waals surface area contributed by atoms with Gasteiger partial charge in [-0.25, -0.2) is 4.39 Å². The van der Waals surface area contributed by atoms with E-state index in [9.17, 15) is 13.7 Å². The maximum Gasteiger partial charge on any atom is 0.488 e. The highest BCUT2D eigenvalue weighted by molar-refractivity contribution is 6.59. The Morgan fingerprint density at radius 2 is 2.12 bits per heavy atom. The van der Waals surface area contributed by atoms with E-state index in [4.69, 9.17) is 15.2 Å². The molecule has 1 unspecified atom stereocenters. The van der Waals surface area contributed by atoms with Gasteiger partial charge in [0.25, 0.3) is 0 Å². The van der Waals surface area contributed by atoms with Gasteiger partial charge in [-0.05, 0) is 23.2 Å². The van der Waals surface area contributed by atoms with Gasteiger partial charge in [0.15, 0.2) is 0 Å². The van der Waals surface area contributed by atoms with E-state index in [0.717, 1.165) is 17.7 Å². The van der Waals surface area contributed by atoms with Crippen LogP contribution in [0.15, 0.2) is 18.2 Å². The molecule has 0 aliphatic heterocycles. The molecule has 92 valence electrons. The number of rotatable bonds is 5. The molecule has 0 fully saturated rings. The Hall–Kier alpha value is -1.51. The molecule has 0 saturated carbocycles. The Morgan fingerprint density at radius 3 is 2.59 bits per heavy atom. The van der Waals surface area contributed by atoms with Gasteiger partial charge in [-0.1, -0.05) is 6.07 Å². The fourth-order valence-corrected chi connectivity index (χ4v) is 1.38. The van der Waals surface area contributed by atoms with Gasteiger partial charge in [0.1, 0.15) is 11.9 Å². The number of hydrogen-bond acceptors (Lipinski definition) is 4. The fraction of sp³-hybridized carbons (Fsp3) is 0.222. The molecule has 4 N–H and O–H groups in total. The second-order valence-corrected chi connectivity index (χ2v) is 3.42. The number of carboxylic acid groups (broad SMARTS) is 1. The summed E-state index contributed by atoms with van der Waals surface area (Å²) in [5, 5.41) is 26.6. The summed E-state index contributed by atoms with van der Waals surface area (Å²) in [6.45, 7) is 0. The standard InChI is InChI=1S/C9H10BF2NO4/c11-6-2-1-5(7(4-6)10(16)17)3-8(13-12)9(14)15/h1-2,4,8,13,16-17H,3H2,(H,14,15). The molecule has 0 aliphatic carbocycles. The summed E-state index contributed by atoms with van der Waals surface area (Å²) in [6, 6.07) is 1.53. The predicted molar refractivity (Wildman–Crippen MR) is 55.6 cm³/mol. The van der Waals surface area contributed by atoms with Gasteiger partial charge in [-0.2, -0.15) is 0 Å². The molecule has 0 aliphatic rings. The van der Waals surface area contributed by atoms with Gasteiger partial charge in [-0.15, -0.1) is 10.0 Å². The average molecular weight is 245 g/mol. The largest absolute Gasteiger partial charge is 0.488 e. The second-order valence-electron chi connectivity index (χ2n) is 3.42. The van der Waals surface area contributed by atoms with Crippen LogP contribution in [-0.4, -0.2) is 34.3 Å². The Morgan fingerprint density at radius 1 is 1.47 bits per heavy atom. The lowest BCUT2D eigenvalue weighted by atomic mass is 9.75. The Labute approximate surface area is 95.8 Å². The van der Waals surface area contributed by atoms with E-state index in [1.54, 1.807) is 0 Å². The maximum atomic E-state index is 12.9. The number of benzene rings is 1. The lowest BCUT2D eigenvalue weighted by molar-refractivity contribution is -0.140. The minimum absolute atomic E-state index is 0.138. The molecule has 1 rings (SSSR count). The van der Waals surface area contributed by atoms with Crippen molar-refractivity contribution in [1.82, 2.24) is 5.54 Å². The minimum Gasteiger partial charge on any atom is -0.480 e. The van der Waals surface area contributed by atoms with Crippen LogP contribution >= 0.6 is 0 Å². The van der Waals surface area contributed by atoms with Crippen molar-refractivity contribution >= 4 is 18.6 Å². The summed E-state index contributed by atoms with van der Waals surface area (Å²) in [5.41, 5.74) is 1.02. The summed E-state index contributed by atoms with van der Waals surface area (Å²) in [7, 11) is -1.95. The third kappa shape index (κ3) is 3.48. The normalized spacial score (nSPS) is 12.2. The molecule has 17 heavy (non-hydrogen) atoms. The highest BCUT2D eigenvalue weighted by atomic mass is 19.2. The van der Waals surface area contributed by atoms with Crippen molar-refractivity contribution < 1.29 is 28.8 Å².